The van der Waals surface area contributed by atoms with Crippen molar-refractivity contribution >= 4 is 11.7 Å². The van der Waals surface area contributed by atoms with Crippen LogP contribution in [0.1, 0.15) is 36.1 Å². The van der Waals surface area contributed by atoms with Crippen LogP contribution in [0, 0.1) is 18.3 Å². The second kappa shape index (κ2) is 7.76. The lowest BCUT2D eigenvalue weighted by atomic mass is 9.66. The number of anilines is 1. The number of hydrogen-bond donors (Lipinski definition) is 2. The zero-order valence-electron chi connectivity index (χ0n) is 17.4. The molecule has 1 aromatic heterocycles. The molecule has 3 atom stereocenters. The number of benzene rings is 1. The molecule has 4 aliphatic heterocycles. The maximum Gasteiger partial charge on any atom is 0.230 e. The zero-order valence-corrected chi connectivity index (χ0v) is 17.4. The number of carbonyl (C=O) groups excluding carboxylic acids is 1. The van der Waals surface area contributed by atoms with Crippen LogP contribution in [0.2, 0.25) is 0 Å². The van der Waals surface area contributed by atoms with E-state index in [4.69, 9.17) is 11.4 Å². The lowest BCUT2D eigenvalue weighted by molar-refractivity contribution is -0.143. The number of pyridine rings is 1. The van der Waals surface area contributed by atoms with Crippen molar-refractivity contribution in [1.82, 2.24) is 9.88 Å². The minimum atomic E-state index is -1.17. The summed E-state index contributed by atoms with van der Waals surface area (Å²) in [4.78, 5) is 20.9. The van der Waals surface area contributed by atoms with Gasteiger partial charge in [0.05, 0.1) is 24.8 Å². The fraction of sp³-hybridized carbons (Fsp3) is 0.440. The van der Waals surface area contributed by atoms with Crippen molar-refractivity contribution < 1.29 is 15.0 Å². The van der Waals surface area contributed by atoms with E-state index in [1.807, 2.05) is 36.4 Å². The van der Waals surface area contributed by atoms with E-state index in [-0.39, 0.29) is 24.8 Å². The Morgan fingerprint density at radius 1 is 1.16 bits per heavy atom. The van der Waals surface area contributed by atoms with Gasteiger partial charge in [0.15, 0.2) is 0 Å². The highest BCUT2D eigenvalue weighted by Crippen LogP contribution is 2.48. The molecule has 0 spiro atoms. The largest absolute Gasteiger partial charge is 0.391 e. The fourth-order valence-corrected chi connectivity index (χ4v) is 5.54. The summed E-state index contributed by atoms with van der Waals surface area (Å²) < 4.78 is 0. The van der Waals surface area contributed by atoms with Gasteiger partial charge in [-0.3, -0.25) is 14.6 Å². The molecule has 160 valence electrons. The summed E-state index contributed by atoms with van der Waals surface area (Å²) in [5.41, 5.74) is 1.39. The van der Waals surface area contributed by atoms with Gasteiger partial charge in [0.25, 0.3) is 0 Å². The zero-order chi connectivity index (χ0) is 21.6. The summed E-state index contributed by atoms with van der Waals surface area (Å²) in [6, 6.07) is 13.3. The van der Waals surface area contributed by atoms with Gasteiger partial charge in [0.1, 0.15) is 17.5 Å². The van der Waals surface area contributed by atoms with Gasteiger partial charge < -0.3 is 10.2 Å². The van der Waals surface area contributed by atoms with Crippen molar-refractivity contribution in [1.29, 1.82) is 0 Å². The van der Waals surface area contributed by atoms with Gasteiger partial charge >= 0.3 is 0 Å². The molecule has 1 unspecified atom stereocenters. The predicted octanol–water partition coefficient (Wildman–Crippen LogP) is 1.68. The van der Waals surface area contributed by atoms with Crippen LogP contribution in [0.15, 0.2) is 42.5 Å². The summed E-state index contributed by atoms with van der Waals surface area (Å²) >= 11 is 0. The van der Waals surface area contributed by atoms with Crippen LogP contribution in [0.5, 0.6) is 0 Å². The summed E-state index contributed by atoms with van der Waals surface area (Å²) in [5.74, 6) is 3.30. The normalized spacial score (nSPS) is 32.3. The van der Waals surface area contributed by atoms with E-state index in [1.165, 1.54) is 4.90 Å². The van der Waals surface area contributed by atoms with Crippen LogP contribution in [0.25, 0.3) is 0 Å². The number of fused-ring (bicyclic) bond motifs is 3. The van der Waals surface area contributed by atoms with E-state index in [2.05, 4.69) is 10.8 Å². The first-order chi connectivity index (χ1) is 15.0. The first-order valence-corrected chi connectivity index (χ1v) is 11.0. The van der Waals surface area contributed by atoms with Crippen LogP contribution in [0.4, 0.5) is 5.82 Å². The van der Waals surface area contributed by atoms with Gasteiger partial charge in [-0.25, -0.2) is 4.98 Å². The van der Waals surface area contributed by atoms with Crippen molar-refractivity contribution in [2.45, 2.75) is 43.4 Å². The Labute approximate surface area is 182 Å². The lowest BCUT2D eigenvalue weighted by Gasteiger charge is -2.54. The molecule has 31 heavy (non-hydrogen) atoms. The maximum atomic E-state index is 12.4. The molecule has 2 N–H and O–H groups in total. The number of amides is 1. The second-order valence-electron chi connectivity index (χ2n) is 8.89. The SMILES string of the molecule is C#CC1N2CCC(CC2)[C@@]1(O)c1ccc(N2C[C@@H](O)CC2=O)nc1Cc1ccccc1. The average molecular weight is 418 g/mol. The molecule has 6 heteroatoms. The average Bonchev–Trinajstić information content (AvgIpc) is 3.13. The van der Waals surface area contributed by atoms with E-state index < -0.39 is 17.7 Å². The van der Waals surface area contributed by atoms with Crippen LogP contribution >= 0.6 is 0 Å². The molecule has 4 saturated heterocycles. The Bertz CT molecular complexity index is 1030. The number of hydrogen-bond acceptors (Lipinski definition) is 5. The molecule has 2 aromatic rings. The number of rotatable bonds is 4. The van der Waals surface area contributed by atoms with Crippen molar-refractivity contribution in [3.63, 3.8) is 0 Å². The number of piperidine rings is 3. The molecule has 0 radical (unpaired) electrons. The topological polar surface area (TPSA) is 76.9 Å². The fourth-order valence-electron chi connectivity index (χ4n) is 5.54. The quantitative estimate of drug-likeness (QED) is 0.741. The Kier molecular flexibility index (Phi) is 5.05. The number of aliphatic hydroxyl groups is 2. The molecule has 4 fully saturated rings. The third kappa shape index (κ3) is 3.34. The summed E-state index contributed by atoms with van der Waals surface area (Å²) in [7, 11) is 0. The Balaban J connectivity index is 1.61. The minimum absolute atomic E-state index is 0.0796. The molecule has 0 saturated carbocycles. The number of nitrogens with zero attached hydrogens (tertiary/aromatic N) is 3. The van der Waals surface area contributed by atoms with Crippen molar-refractivity contribution in [2.24, 2.45) is 5.92 Å². The van der Waals surface area contributed by atoms with Crippen molar-refractivity contribution in [3.8, 4) is 12.3 Å². The molecule has 2 bridgehead atoms. The van der Waals surface area contributed by atoms with Crippen molar-refractivity contribution in [2.75, 3.05) is 24.5 Å². The van der Waals surface area contributed by atoms with E-state index in [0.717, 1.165) is 42.8 Å². The van der Waals surface area contributed by atoms with E-state index in [9.17, 15) is 15.0 Å². The Hall–Kier alpha value is -2.72. The molecule has 5 heterocycles. The Morgan fingerprint density at radius 3 is 2.55 bits per heavy atom. The highest BCUT2D eigenvalue weighted by Gasteiger charge is 2.54. The minimum Gasteiger partial charge on any atom is -0.391 e. The third-order valence-corrected chi connectivity index (χ3v) is 7.08. The van der Waals surface area contributed by atoms with Crippen LogP contribution in [0.3, 0.4) is 0 Å². The van der Waals surface area contributed by atoms with Gasteiger partial charge in [0.2, 0.25) is 5.91 Å². The van der Waals surface area contributed by atoms with E-state index in [1.54, 1.807) is 6.07 Å². The standard InChI is InChI=1S/C25H27N3O3/c1-2-22-25(31,18-10-12-27(22)13-11-18)20-8-9-23(28-16-19(29)15-24(28)30)26-21(20)14-17-6-4-3-5-7-17/h1,3-9,18-19,22,29,31H,10-16H2/t19-,22?,25+/m0/s1. The monoisotopic (exact) mass is 417 g/mol. The molecule has 0 aliphatic carbocycles. The smallest absolute Gasteiger partial charge is 0.230 e. The van der Waals surface area contributed by atoms with Crippen LogP contribution in [-0.2, 0) is 16.8 Å². The summed E-state index contributed by atoms with van der Waals surface area (Å²) in [6.45, 7) is 2.05. The number of aromatic nitrogens is 1. The van der Waals surface area contributed by atoms with Gasteiger partial charge in [0, 0.05) is 12.0 Å². The first kappa shape index (κ1) is 20.2. The number of aliphatic hydroxyl groups excluding tert-OH is 1. The number of β-amino-alcohol motifs (C(OH)–C–C–N with tert-alkyl or cyclic N) is 1. The lowest BCUT2D eigenvalue weighted by Crippen LogP contribution is -2.63. The van der Waals surface area contributed by atoms with Crippen LogP contribution < -0.4 is 4.90 Å². The summed E-state index contributed by atoms with van der Waals surface area (Å²) in [5, 5.41) is 22.0. The predicted molar refractivity (Wildman–Crippen MR) is 117 cm³/mol. The van der Waals surface area contributed by atoms with Gasteiger partial charge in [-0.05, 0) is 43.5 Å². The summed E-state index contributed by atoms with van der Waals surface area (Å²) in [6.07, 6.45) is 7.68. The van der Waals surface area contributed by atoms with E-state index >= 15 is 0 Å². The molecular weight excluding hydrogens is 390 g/mol. The van der Waals surface area contributed by atoms with Gasteiger partial charge in [-0.2, -0.15) is 0 Å². The second-order valence-corrected chi connectivity index (χ2v) is 8.89. The highest BCUT2D eigenvalue weighted by molar-refractivity contribution is 5.95. The van der Waals surface area contributed by atoms with Crippen LogP contribution in [-0.4, -0.2) is 57.8 Å². The third-order valence-electron chi connectivity index (χ3n) is 7.08. The van der Waals surface area contributed by atoms with E-state index in [0.29, 0.717) is 12.2 Å². The first-order valence-electron chi connectivity index (χ1n) is 11.0. The van der Waals surface area contributed by atoms with Gasteiger partial charge in [-0.15, -0.1) is 6.42 Å². The molecule has 1 amide bonds. The number of carbonyl (C=O) groups is 1. The Morgan fingerprint density at radius 2 is 1.90 bits per heavy atom. The van der Waals surface area contributed by atoms with Gasteiger partial charge in [-0.1, -0.05) is 42.3 Å². The molecule has 1 aromatic carbocycles. The molecule has 4 aliphatic rings. The molecule has 6 nitrogen and oxygen atoms in total. The molecular formula is C25H27N3O3. The molecule has 6 rings (SSSR count). The van der Waals surface area contributed by atoms with Crippen molar-refractivity contribution in [3.05, 3.63) is 59.3 Å². The maximum absolute atomic E-state index is 12.4. The highest BCUT2D eigenvalue weighted by atomic mass is 16.3. The number of terminal acetylenes is 1.